The normalized spacial score (nSPS) is 22.6. The molecule has 10 nitrogen and oxygen atoms in total. The maximum absolute atomic E-state index is 14.5. The Morgan fingerprint density at radius 2 is 1.98 bits per heavy atom. The summed E-state index contributed by atoms with van der Waals surface area (Å²) in [5.74, 6) is -1.05. The predicted octanol–water partition coefficient (Wildman–Crippen LogP) is 2.86. The van der Waals surface area contributed by atoms with Crippen LogP contribution >= 0.6 is 11.3 Å². The molecule has 43 heavy (non-hydrogen) atoms. The van der Waals surface area contributed by atoms with E-state index in [4.69, 9.17) is 4.74 Å². The molecule has 2 saturated heterocycles. The minimum absolute atomic E-state index is 0.0484. The van der Waals surface area contributed by atoms with Gasteiger partial charge in [-0.1, -0.05) is 32.9 Å². The zero-order valence-corrected chi connectivity index (χ0v) is 26.1. The molecule has 3 aliphatic rings. The number of thiazole rings is 1. The predicted molar refractivity (Wildman–Crippen MR) is 161 cm³/mol. The second-order valence-electron chi connectivity index (χ2n) is 13.0. The lowest BCUT2D eigenvalue weighted by atomic mass is 9.85. The molecule has 3 fully saturated rings. The maximum Gasteiger partial charge on any atom is 0.258 e. The lowest BCUT2D eigenvalue weighted by Gasteiger charge is -2.35. The molecule has 12 heteroatoms. The summed E-state index contributed by atoms with van der Waals surface area (Å²) in [6.07, 6.45) is 3.08. The number of hydrogen-bond donors (Lipinski definition) is 4. The Hall–Kier alpha value is -3.09. The van der Waals surface area contributed by atoms with Crippen LogP contribution in [0, 0.1) is 12.3 Å². The van der Waals surface area contributed by atoms with Crippen molar-refractivity contribution in [3.05, 3.63) is 35.0 Å². The summed E-state index contributed by atoms with van der Waals surface area (Å²) in [6.45, 7) is 9.15. The Morgan fingerprint density at radius 1 is 1.26 bits per heavy atom. The van der Waals surface area contributed by atoms with Crippen molar-refractivity contribution in [1.29, 1.82) is 0 Å². The maximum atomic E-state index is 14.5. The molecule has 2 aliphatic heterocycles. The fourth-order valence-corrected chi connectivity index (χ4v) is 6.34. The fourth-order valence-electron chi connectivity index (χ4n) is 5.57. The van der Waals surface area contributed by atoms with Crippen LogP contribution in [-0.2, 0) is 20.9 Å². The molecular formula is C31H42FN5O5S. The number of ether oxygens (including phenoxy) is 1. The standard InChI is InChI=1S/C31H42FN5O5S/c1-18-34-16-25(43-18)19-5-6-20(24(13-19)42-22-7-11-33-12-8-22)15-35-27(39)23-14-21(38)17-37(23)28(40)26(30(2,3)4)36-29(41)31(32)9-10-31/h5-6,13,16,21-23,26,33,38H,7-12,14-15,17H2,1-4H3,(H,35,39)(H,36,41)/t21-,23+,26-/m1/s1. The van der Waals surface area contributed by atoms with E-state index in [1.807, 2.05) is 31.3 Å². The lowest BCUT2D eigenvalue weighted by Crippen LogP contribution is -2.59. The van der Waals surface area contributed by atoms with Crippen LogP contribution in [0.15, 0.2) is 24.4 Å². The molecule has 1 aromatic carbocycles. The summed E-state index contributed by atoms with van der Waals surface area (Å²) in [6, 6.07) is 3.91. The largest absolute Gasteiger partial charge is 0.490 e. The van der Waals surface area contributed by atoms with Crippen LogP contribution in [0.2, 0.25) is 0 Å². The van der Waals surface area contributed by atoms with Gasteiger partial charge in [-0.3, -0.25) is 14.4 Å². The second kappa shape index (κ2) is 12.5. The van der Waals surface area contributed by atoms with Gasteiger partial charge in [0.15, 0.2) is 5.67 Å². The summed E-state index contributed by atoms with van der Waals surface area (Å²) in [5.41, 5.74) is -0.901. The number of amides is 3. The van der Waals surface area contributed by atoms with Gasteiger partial charge >= 0.3 is 0 Å². The zero-order chi connectivity index (χ0) is 30.9. The SMILES string of the molecule is Cc1ncc(-c2ccc(CNC(=O)[C@@H]3C[C@@H](O)CN3C(=O)[C@@H](NC(=O)C3(F)CC3)C(C)(C)C)c(OC3CCNCC3)c2)s1. The Labute approximate surface area is 255 Å². The van der Waals surface area contributed by atoms with E-state index in [2.05, 4.69) is 20.9 Å². The van der Waals surface area contributed by atoms with Gasteiger partial charge in [-0.05, 0) is 62.7 Å². The van der Waals surface area contributed by atoms with E-state index in [1.54, 1.807) is 32.1 Å². The number of alkyl halides is 1. The van der Waals surface area contributed by atoms with Crippen LogP contribution in [-0.4, -0.2) is 82.3 Å². The molecule has 3 amide bonds. The molecule has 4 N–H and O–H groups in total. The number of nitrogens with one attached hydrogen (secondary N) is 3. The zero-order valence-electron chi connectivity index (χ0n) is 25.2. The molecule has 3 atom stereocenters. The molecule has 0 bridgehead atoms. The van der Waals surface area contributed by atoms with Crippen LogP contribution in [0.25, 0.3) is 10.4 Å². The number of aliphatic hydroxyl groups is 1. The number of hydrogen-bond acceptors (Lipinski definition) is 8. The van der Waals surface area contributed by atoms with Crippen molar-refractivity contribution in [1.82, 2.24) is 25.8 Å². The Balaban J connectivity index is 1.31. The molecular weight excluding hydrogens is 573 g/mol. The topological polar surface area (TPSA) is 133 Å². The van der Waals surface area contributed by atoms with Gasteiger partial charge in [-0.2, -0.15) is 0 Å². The van der Waals surface area contributed by atoms with Crippen LogP contribution in [0.1, 0.15) is 63.4 Å². The molecule has 1 aromatic heterocycles. The summed E-state index contributed by atoms with van der Waals surface area (Å²) >= 11 is 1.60. The number of carbonyl (C=O) groups is 3. The number of halogens is 1. The average molecular weight is 616 g/mol. The van der Waals surface area contributed by atoms with E-state index in [-0.39, 0.29) is 38.5 Å². The van der Waals surface area contributed by atoms with Gasteiger partial charge in [0.2, 0.25) is 11.8 Å². The van der Waals surface area contributed by atoms with Crippen molar-refractivity contribution in [3.8, 4) is 16.2 Å². The molecule has 0 radical (unpaired) electrons. The minimum atomic E-state index is -1.94. The molecule has 0 spiro atoms. The third kappa shape index (κ3) is 7.35. The molecule has 3 heterocycles. The summed E-state index contributed by atoms with van der Waals surface area (Å²) in [7, 11) is 0. The van der Waals surface area contributed by atoms with Crippen molar-refractivity contribution in [2.45, 2.75) is 96.3 Å². The molecule has 1 aliphatic carbocycles. The molecule has 234 valence electrons. The molecule has 1 saturated carbocycles. The highest BCUT2D eigenvalue weighted by molar-refractivity contribution is 7.15. The van der Waals surface area contributed by atoms with Gasteiger partial charge in [-0.25, -0.2) is 9.37 Å². The number of rotatable bonds is 9. The van der Waals surface area contributed by atoms with E-state index in [0.29, 0.717) is 5.75 Å². The van der Waals surface area contributed by atoms with Crippen molar-refractivity contribution in [2.24, 2.45) is 5.41 Å². The van der Waals surface area contributed by atoms with Gasteiger partial charge in [0, 0.05) is 31.3 Å². The number of benzene rings is 1. The molecule has 0 unspecified atom stereocenters. The minimum Gasteiger partial charge on any atom is -0.490 e. The number of likely N-dealkylation sites (tertiary alicyclic amines) is 1. The molecule has 5 rings (SSSR count). The van der Waals surface area contributed by atoms with Gasteiger partial charge in [-0.15, -0.1) is 11.3 Å². The number of aryl methyl sites for hydroxylation is 1. The van der Waals surface area contributed by atoms with Gasteiger partial charge in [0.1, 0.15) is 23.9 Å². The number of carbonyl (C=O) groups excluding carboxylic acids is 3. The van der Waals surface area contributed by atoms with E-state index in [1.165, 1.54) is 4.90 Å². The smallest absolute Gasteiger partial charge is 0.258 e. The summed E-state index contributed by atoms with van der Waals surface area (Å²) < 4.78 is 20.9. The highest BCUT2D eigenvalue weighted by Crippen LogP contribution is 2.40. The van der Waals surface area contributed by atoms with Crippen molar-refractivity contribution in [3.63, 3.8) is 0 Å². The van der Waals surface area contributed by atoms with Crippen LogP contribution in [0.5, 0.6) is 5.75 Å². The average Bonchev–Trinajstić information content (AvgIpc) is 3.37. The summed E-state index contributed by atoms with van der Waals surface area (Å²) in [4.78, 5) is 46.5. The number of β-amino-alcohol motifs (C(OH)–C–C–N with tert-alkyl or cyclic N) is 1. The molecule has 2 aromatic rings. The first-order valence-electron chi connectivity index (χ1n) is 15.0. The highest BCUT2D eigenvalue weighted by atomic mass is 32.1. The van der Waals surface area contributed by atoms with Gasteiger partial charge < -0.3 is 30.7 Å². The van der Waals surface area contributed by atoms with E-state index < -0.39 is 47.0 Å². The first kappa shape index (κ1) is 31.3. The van der Waals surface area contributed by atoms with Crippen LogP contribution in [0.4, 0.5) is 4.39 Å². The Morgan fingerprint density at radius 3 is 2.60 bits per heavy atom. The van der Waals surface area contributed by atoms with E-state index >= 15 is 0 Å². The monoisotopic (exact) mass is 615 g/mol. The Bertz CT molecular complexity index is 1350. The first-order valence-corrected chi connectivity index (χ1v) is 15.8. The van der Waals surface area contributed by atoms with Crippen LogP contribution < -0.4 is 20.7 Å². The van der Waals surface area contributed by atoms with E-state index in [0.717, 1.165) is 46.9 Å². The highest BCUT2D eigenvalue weighted by Gasteiger charge is 2.53. The van der Waals surface area contributed by atoms with Gasteiger partial charge in [0.25, 0.3) is 5.91 Å². The first-order chi connectivity index (χ1) is 20.3. The number of aliphatic hydroxyl groups excluding tert-OH is 1. The number of nitrogens with zero attached hydrogens (tertiary/aromatic N) is 2. The van der Waals surface area contributed by atoms with Crippen LogP contribution in [0.3, 0.4) is 0 Å². The van der Waals surface area contributed by atoms with Crippen molar-refractivity contribution < 1.29 is 28.6 Å². The lowest BCUT2D eigenvalue weighted by molar-refractivity contribution is -0.145. The fraction of sp³-hybridized carbons (Fsp3) is 0.613. The van der Waals surface area contributed by atoms with E-state index in [9.17, 15) is 23.9 Å². The van der Waals surface area contributed by atoms with Gasteiger partial charge in [0.05, 0.1) is 16.0 Å². The van der Waals surface area contributed by atoms with Crippen molar-refractivity contribution >= 4 is 29.1 Å². The number of aromatic nitrogens is 1. The van der Waals surface area contributed by atoms with Crippen molar-refractivity contribution in [2.75, 3.05) is 19.6 Å². The Kier molecular flexibility index (Phi) is 9.10. The summed E-state index contributed by atoms with van der Waals surface area (Å²) in [5, 5.41) is 20.3. The third-order valence-electron chi connectivity index (χ3n) is 8.35. The second-order valence-corrected chi connectivity index (χ2v) is 14.2. The number of piperidine rings is 1. The quantitative estimate of drug-likeness (QED) is 0.341. The third-order valence-corrected chi connectivity index (χ3v) is 9.32.